The number of ether oxygens (including phenoxy) is 2. The number of rotatable bonds is 4. The summed E-state index contributed by atoms with van der Waals surface area (Å²) < 4.78 is 10.6. The first-order valence-electron chi connectivity index (χ1n) is 8.18. The zero-order valence-electron chi connectivity index (χ0n) is 14.1. The van der Waals surface area contributed by atoms with E-state index in [1.807, 2.05) is 49.4 Å². The van der Waals surface area contributed by atoms with Gasteiger partial charge in [-0.25, -0.2) is 9.78 Å². The molecule has 126 valence electrons. The van der Waals surface area contributed by atoms with Crippen LogP contribution >= 0.6 is 0 Å². The molecule has 2 aromatic rings. The normalized spacial score (nSPS) is 16.9. The molecule has 2 heterocycles. The van der Waals surface area contributed by atoms with Gasteiger partial charge in [-0.15, -0.1) is 0 Å². The number of methoxy groups -OCH3 is 1. The lowest BCUT2D eigenvalue weighted by Crippen LogP contribution is -2.31. The Balaban J connectivity index is 1.69. The van der Waals surface area contributed by atoms with Gasteiger partial charge in [-0.2, -0.15) is 0 Å². The summed E-state index contributed by atoms with van der Waals surface area (Å²) in [7, 11) is 1.60. The van der Waals surface area contributed by atoms with Gasteiger partial charge in [0, 0.05) is 18.3 Å². The third kappa shape index (κ3) is 3.50. The van der Waals surface area contributed by atoms with E-state index in [-0.39, 0.29) is 12.1 Å². The van der Waals surface area contributed by atoms with Crippen LogP contribution in [0.3, 0.4) is 0 Å². The summed E-state index contributed by atoms with van der Waals surface area (Å²) in [6.07, 6.45) is 1.63. The van der Waals surface area contributed by atoms with E-state index in [0.717, 1.165) is 29.7 Å². The highest BCUT2D eigenvalue weighted by molar-refractivity contribution is 5.69. The number of likely N-dealkylation sites (tertiary alicyclic amines) is 1. The Hall–Kier alpha value is -2.56. The summed E-state index contributed by atoms with van der Waals surface area (Å²) in [5, 5.41) is 0. The number of carbonyl (C=O) groups excluding carboxylic acids is 1. The Morgan fingerprint density at radius 1 is 1.25 bits per heavy atom. The van der Waals surface area contributed by atoms with Crippen LogP contribution in [0.2, 0.25) is 0 Å². The lowest BCUT2D eigenvalue weighted by Gasteiger charge is -2.25. The van der Waals surface area contributed by atoms with Crippen LogP contribution in [0.15, 0.2) is 42.5 Å². The summed E-state index contributed by atoms with van der Waals surface area (Å²) >= 11 is 0. The fourth-order valence-electron chi connectivity index (χ4n) is 3.13. The number of aryl methyl sites for hydroxylation is 1. The molecule has 1 atom stereocenters. The van der Waals surface area contributed by atoms with E-state index in [9.17, 15) is 4.79 Å². The molecule has 1 aliphatic rings. The largest absolute Gasteiger partial charge is 0.481 e. The summed E-state index contributed by atoms with van der Waals surface area (Å²) in [6.45, 7) is 2.95. The maximum atomic E-state index is 12.5. The number of nitrogens with zero attached hydrogens (tertiary/aromatic N) is 2. The molecule has 1 unspecified atom stereocenters. The molecule has 0 bridgehead atoms. The van der Waals surface area contributed by atoms with Gasteiger partial charge in [0.05, 0.1) is 13.2 Å². The molecule has 1 amide bonds. The Labute approximate surface area is 142 Å². The molecule has 1 aromatic carbocycles. The van der Waals surface area contributed by atoms with Crippen molar-refractivity contribution in [3.05, 3.63) is 59.3 Å². The smallest absolute Gasteiger partial charge is 0.410 e. The zero-order valence-corrected chi connectivity index (χ0v) is 14.1. The van der Waals surface area contributed by atoms with Crippen molar-refractivity contribution in [2.45, 2.75) is 32.4 Å². The highest BCUT2D eigenvalue weighted by Crippen LogP contribution is 2.34. The Kier molecular flexibility index (Phi) is 4.99. The molecule has 1 fully saturated rings. The molecule has 1 aromatic heterocycles. The van der Waals surface area contributed by atoms with Crippen LogP contribution < -0.4 is 4.74 Å². The summed E-state index contributed by atoms with van der Waals surface area (Å²) in [6, 6.07) is 13.6. The molecular weight excluding hydrogens is 304 g/mol. The van der Waals surface area contributed by atoms with E-state index in [0.29, 0.717) is 19.0 Å². The van der Waals surface area contributed by atoms with E-state index >= 15 is 0 Å². The van der Waals surface area contributed by atoms with E-state index in [1.165, 1.54) is 0 Å². The summed E-state index contributed by atoms with van der Waals surface area (Å²) in [4.78, 5) is 18.7. The van der Waals surface area contributed by atoms with Gasteiger partial charge in [-0.05, 0) is 37.0 Å². The number of pyridine rings is 1. The second-order valence-electron chi connectivity index (χ2n) is 5.92. The van der Waals surface area contributed by atoms with E-state index in [4.69, 9.17) is 9.47 Å². The van der Waals surface area contributed by atoms with Crippen molar-refractivity contribution in [1.29, 1.82) is 0 Å². The average Bonchev–Trinajstić information content (AvgIpc) is 3.10. The second-order valence-corrected chi connectivity index (χ2v) is 5.92. The number of hydrogen-bond acceptors (Lipinski definition) is 4. The van der Waals surface area contributed by atoms with Gasteiger partial charge in [-0.3, -0.25) is 0 Å². The van der Waals surface area contributed by atoms with Crippen LogP contribution in [0.4, 0.5) is 4.79 Å². The number of amides is 1. The predicted molar refractivity (Wildman–Crippen MR) is 90.8 cm³/mol. The molecular formula is C19H22N2O3. The van der Waals surface area contributed by atoms with Gasteiger partial charge in [0.2, 0.25) is 5.88 Å². The summed E-state index contributed by atoms with van der Waals surface area (Å²) in [5.74, 6) is 0.590. The molecule has 0 radical (unpaired) electrons. The third-order valence-corrected chi connectivity index (χ3v) is 4.36. The van der Waals surface area contributed by atoms with E-state index in [1.54, 1.807) is 12.0 Å². The van der Waals surface area contributed by atoms with Crippen LogP contribution in [0.1, 0.15) is 35.7 Å². The lowest BCUT2D eigenvalue weighted by molar-refractivity contribution is 0.0919. The minimum absolute atomic E-state index is 0.0201. The van der Waals surface area contributed by atoms with Gasteiger partial charge in [0.25, 0.3) is 0 Å². The Bertz CT molecular complexity index is 703. The van der Waals surface area contributed by atoms with Crippen molar-refractivity contribution in [2.75, 3.05) is 13.7 Å². The average molecular weight is 326 g/mol. The van der Waals surface area contributed by atoms with Crippen LogP contribution in [0.5, 0.6) is 5.88 Å². The lowest BCUT2D eigenvalue weighted by atomic mass is 10.0. The number of aromatic nitrogens is 1. The highest BCUT2D eigenvalue weighted by atomic mass is 16.6. The summed E-state index contributed by atoms with van der Waals surface area (Å²) in [5.41, 5.74) is 2.94. The van der Waals surface area contributed by atoms with Crippen molar-refractivity contribution in [2.24, 2.45) is 0 Å². The Morgan fingerprint density at radius 2 is 2.04 bits per heavy atom. The quantitative estimate of drug-likeness (QED) is 0.856. The van der Waals surface area contributed by atoms with Crippen LogP contribution in [-0.2, 0) is 11.3 Å². The zero-order chi connectivity index (χ0) is 16.9. The van der Waals surface area contributed by atoms with Gasteiger partial charge in [-0.1, -0.05) is 30.3 Å². The van der Waals surface area contributed by atoms with Crippen molar-refractivity contribution in [3.8, 4) is 5.88 Å². The van der Waals surface area contributed by atoms with Gasteiger partial charge in [0.15, 0.2) is 0 Å². The van der Waals surface area contributed by atoms with Crippen LogP contribution in [-0.4, -0.2) is 29.6 Å². The fourth-order valence-corrected chi connectivity index (χ4v) is 3.13. The van der Waals surface area contributed by atoms with Crippen molar-refractivity contribution in [1.82, 2.24) is 9.88 Å². The Morgan fingerprint density at radius 3 is 2.75 bits per heavy atom. The van der Waals surface area contributed by atoms with Gasteiger partial charge < -0.3 is 14.4 Å². The van der Waals surface area contributed by atoms with Crippen molar-refractivity contribution < 1.29 is 14.3 Å². The maximum absolute atomic E-state index is 12.5. The van der Waals surface area contributed by atoms with Gasteiger partial charge in [0.1, 0.15) is 6.61 Å². The van der Waals surface area contributed by atoms with Crippen molar-refractivity contribution in [3.63, 3.8) is 0 Å². The molecule has 1 aliphatic heterocycles. The number of carbonyl (C=O) groups is 1. The molecule has 1 saturated heterocycles. The minimum Gasteiger partial charge on any atom is -0.481 e. The molecule has 0 spiro atoms. The van der Waals surface area contributed by atoms with E-state index in [2.05, 4.69) is 4.98 Å². The van der Waals surface area contributed by atoms with Crippen molar-refractivity contribution >= 4 is 6.09 Å². The molecule has 0 aliphatic carbocycles. The number of hydrogen-bond donors (Lipinski definition) is 0. The third-order valence-electron chi connectivity index (χ3n) is 4.36. The SMILES string of the molecule is COc1ccc(C2CCCN2C(=O)OCc2ccccc2)c(C)n1. The second kappa shape index (κ2) is 7.34. The molecule has 3 rings (SSSR count). The molecule has 0 N–H and O–H groups in total. The molecule has 24 heavy (non-hydrogen) atoms. The first-order chi connectivity index (χ1) is 11.7. The predicted octanol–water partition coefficient (Wildman–Crippen LogP) is 3.87. The molecule has 0 saturated carbocycles. The first kappa shape index (κ1) is 16.3. The van der Waals surface area contributed by atoms with Crippen LogP contribution in [0, 0.1) is 6.92 Å². The minimum atomic E-state index is -0.267. The van der Waals surface area contributed by atoms with Gasteiger partial charge >= 0.3 is 6.09 Å². The maximum Gasteiger partial charge on any atom is 0.410 e. The monoisotopic (exact) mass is 326 g/mol. The number of benzene rings is 1. The standard InChI is InChI=1S/C19H22N2O3/c1-14-16(10-11-18(20-14)23-2)17-9-6-12-21(17)19(22)24-13-15-7-4-3-5-8-15/h3-5,7-8,10-11,17H,6,9,12-13H2,1-2H3. The molecule has 5 nitrogen and oxygen atoms in total. The van der Waals surface area contributed by atoms with Crippen LogP contribution in [0.25, 0.3) is 0 Å². The highest BCUT2D eigenvalue weighted by Gasteiger charge is 2.32. The molecule has 5 heteroatoms. The topological polar surface area (TPSA) is 51.7 Å². The van der Waals surface area contributed by atoms with E-state index < -0.39 is 0 Å². The fraction of sp³-hybridized carbons (Fsp3) is 0.368. The first-order valence-corrected chi connectivity index (χ1v) is 8.18.